The van der Waals surface area contributed by atoms with E-state index < -0.39 is 24.7 Å². The van der Waals surface area contributed by atoms with Crippen LogP contribution < -0.4 is 5.32 Å². The van der Waals surface area contributed by atoms with Crippen LogP contribution in [-0.2, 0) is 9.47 Å². The van der Waals surface area contributed by atoms with E-state index in [0.717, 1.165) is 0 Å². The second-order valence-corrected chi connectivity index (χ2v) is 2.44. The Labute approximate surface area is 57.6 Å². The molecule has 0 aromatic carbocycles. The highest BCUT2D eigenvalue weighted by atomic mass is 16.7. The van der Waals surface area contributed by atoms with Crippen LogP contribution in [0.1, 0.15) is 0 Å². The second kappa shape index (κ2) is 2.14. The van der Waals surface area contributed by atoms with Crippen LogP contribution in [0.2, 0.25) is 0 Å². The van der Waals surface area contributed by atoms with Crippen molar-refractivity contribution < 1.29 is 19.7 Å². The van der Waals surface area contributed by atoms with Gasteiger partial charge in [0.05, 0.1) is 0 Å². The number of nitrogens with one attached hydrogen (secondary N) is 1. The van der Waals surface area contributed by atoms with Gasteiger partial charge in [-0.05, 0) is 0 Å². The van der Waals surface area contributed by atoms with Gasteiger partial charge in [0.15, 0.2) is 0 Å². The molecule has 0 saturated carbocycles. The predicted molar refractivity (Wildman–Crippen MR) is 29.8 cm³/mol. The van der Waals surface area contributed by atoms with E-state index in [1.165, 1.54) is 0 Å². The first kappa shape index (κ1) is 6.51. The maximum Gasteiger partial charge on any atom is 0.148 e. The van der Waals surface area contributed by atoms with E-state index in [-0.39, 0.29) is 6.79 Å². The first-order valence-corrected chi connectivity index (χ1v) is 3.14. The van der Waals surface area contributed by atoms with Crippen molar-refractivity contribution >= 4 is 0 Å². The molecule has 4 atom stereocenters. The van der Waals surface area contributed by atoms with Crippen molar-refractivity contribution in [1.29, 1.82) is 0 Å². The number of aliphatic hydroxyl groups excluding tert-OH is 2. The summed E-state index contributed by atoms with van der Waals surface area (Å²) in [7, 11) is 0. The molecule has 0 amide bonds. The number of hydrogen-bond acceptors (Lipinski definition) is 5. The summed E-state index contributed by atoms with van der Waals surface area (Å²) in [6.45, 7) is 0.158. The summed E-state index contributed by atoms with van der Waals surface area (Å²) in [4.78, 5) is 0. The molecule has 5 nitrogen and oxygen atoms in total. The second-order valence-electron chi connectivity index (χ2n) is 2.44. The minimum Gasteiger partial charge on any atom is -0.376 e. The number of aliphatic hydroxyl groups is 2. The predicted octanol–water partition coefficient (Wildman–Crippen LogP) is -2.03. The van der Waals surface area contributed by atoms with E-state index in [1.54, 1.807) is 0 Å². The van der Waals surface area contributed by atoms with Crippen molar-refractivity contribution in [1.82, 2.24) is 5.32 Å². The van der Waals surface area contributed by atoms with E-state index in [9.17, 15) is 0 Å². The molecule has 2 heterocycles. The average Bonchev–Trinajstić information content (AvgIpc) is 2.39. The van der Waals surface area contributed by atoms with Gasteiger partial charge in [0.1, 0.15) is 31.5 Å². The van der Waals surface area contributed by atoms with Gasteiger partial charge in [0.25, 0.3) is 0 Å². The average molecular weight is 147 g/mol. The zero-order valence-electron chi connectivity index (χ0n) is 5.23. The van der Waals surface area contributed by atoms with Gasteiger partial charge in [0.2, 0.25) is 0 Å². The number of fused-ring (bicyclic) bond motifs is 1. The van der Waals surface area contributed by atoms with E-state index in [2.05, 4.69) is 5.32 Å². The van der Waals surface area contributed by atoms with Crippen LogP contribution in [0, 0.1) is 0 Å². The molecule has 2 aliphatic rings. The Balaban J connectivity index is 2.11. The van der Waals surface area contributed by atoms with Crippen LogP contribution in [0.5, 0.6) is 0 Å². The van der Waals surface area contributed by atoms with Crippen molar-refractivity contribution in [2.45, 2.75) is 24.7 Å². The summed E-state index contributed by atoms with van der Waals surface area (Å²) >= 11 is 0. The summed E-state index contributed by atoms with van der Waals surface area (Å²) < 4.78 is 9.93. The van der Waals surface area contributed by atoms with Gasteiger partial charge in [-0.3, -0.25) is 5.32 Å². The van der Waals surface area contributed by atoms with Gasteiger partial charge in [-0.25, -0.2) is 0 Å². The molecule has 5 heteroatoms. The van der Waals surface area contributed by atoms with Gasteiger partial charge < -0.3 is 19.7 Å². The van der Waals surface area contributed by atoms with Crippen LogP contribution in [-0.4, -0.2) is 41.7 Å². The first-order valence-electron chi connectivity index (χ1n) is 3.14. The van der Waals surface area contributed by atoms with Crippen molar-refractivity contribution in [2.24, 2.45) is 0 Å². The Morgan fingerprint density at radius 2 is 1.60 bits per heavy atom. The van der Waals surface area contributed by atoms with Gasteiger partial charge in [-0.15, -0.1) is 0 Å². The topological polar surface area (TPSA) is 71.0 Å². The summed E-state index contributed by atoms with van der Waals surface area (Å²) in [5.74, 6) is 0. The third-order valence-electron chi connectivity index (χ3n) is 1.81. The number of ether oxygens (including phenoxy) is 2. The third kappa shape index (κ3) is 0.759. The lowest BCUT2D eigenvalue weighted by Gasteiger charge is -2.07. The zero-order chi connectivity index (χ0) is 7.14. The van der Waals surface area contributed by atoms with Crippen LogP contribution in [0.25, 0.3) is 0 Å². The lowest BCUT2D eigenvalue weighted by molar-refractivity contribution is -0.0454. The molecule has 3 N–H and O–H groups in total. The normalized spacial score (nSPS) is 53.4. The summed E-state index contributed by atoms with van der Waals surface area (Å²) in [5, 5.41) is 20.7. The molecule has 10 heavy (non-hydrogen) atoms. The fourth-order valence-electron chi connectivity index (χ4n) is 1.29. The standard InChI is InChI=1S/C5H9NO4/c7-4-2-3(5(8)6-4)10-1-9-2/h2-8H,1H2. The molecule has 0 aliphatic carbocycles. The Kier molecular flexibility index (Phi) is 1.40. The maximum absolute atomic E-state index is 9.09. The largest absolute Gasteiger partial charge is 0.376 e. The summed E-state index contributed by atoms with van der Waals surface area (Å²) in [6, 6.07) is 0. The highest BCUT2D eigenvalue weighted by Crippen LogP contribution is 2.23. The quantitative estimate of drug-likeness (QED) is 0.368. The Hall–Kier alpha value is -0.200. The lowest BCUT2D eigenvalue weighted by Crippen LogP contribution is -2.34. The minimum absolute atomic E-state index is 0.158. The highest BCUT2D eigenvalue weighted by molar-refractivity contribution is 4.91. The van der Waals surface area contributed by atoms with E-state index >= 15 is 0 Å². The molecule has 4 unspecified atom stereocenters. The fraction of sp³-hybridized carbons (Fsp3) is 1.00. The van der Waals surface area contributed by atoms with Crippen molar-refractivity contribution in [2.75, 3.05) is 6.79 Å². The molecule has 0 aromatic rings. The van der Waals surface area contributed by atoms with Crippen molar-refractivity contribution in [3.8, 4) is 0 Å². The van der Waals surface area contributed by atoms with Crippen LogP contribution in [0.4, 0.5) is 0 Å². The molecule has 0 bridgehead atoms. The first-order chi connectivity index (χ1) is 4.79. The monoisotopic (exact) mass is 147 g/mol. The van der Waals surface area contributed by atoms with Crippen molar-refractivity contribution in [3.63, 3.8) is 0 Å². The molecule has 2 saturated heterocycles. The van der Waals surface area contributed by atoms with Crippen LogP contribution >= 0.6 is 0 Å². The lowest BCUT2D eigenvalue weighted by atomic mass is 10.2. The number of hydrogen-bond donors (Lipinski definition) is 3. The molecule has 2 rings (SSSR count). The Morgan fingerprint density at radius 1 is 1.10 bits per heavy atom. The molecular formula is C5H9NO4. The summed E-state index contributed by atoms with van der Waals surface area (Å²) in [6.07, 6.45) is -2.42. The fourth-order valence-corrected chi connectivity index (χ4v) is 1.29. The third-order valence-corrected chi connectivity index (χ3v) is 1.81. The molecule has 58 valence electrons. The molecule has 0 radical (unpaired) electrons. The minimum atomic E-state index is -0.803. The highest BCUT2D eigenvalue weighted by Gasteiger charge is 2.46. The number of rotatable bonds is 0. The Bertz CT molecular complexity index is 128. The van der Waals surface area contributed by atoms with Crippen molar-refractivity contribution in [3.05, 3.63) is 0 Å². The molecule has 0 spiro atoms. The molecule has 2 aliphatic heterocycles. The van der Waals surface area contributed by atoms with E-state index in [0.29, 0.717) is 0 Å². The van der Waals surface area contributed by atoms with Crippen LogP contribution in [0.3, 0.4) is 0 Å². The molecule has 0 aromatic heterocycles. The van der Waals surface area contributed by atoms with E-state index in [1.807, 2.05) is 0 Å². The van der Waals surface area contributed by atoms with Crippen LogP contribution in [0.15, 0.2) is 0 Å². The smallest absolute Gasteiger partial charge is 0.148 e. The zero-order valence-corrected chi connectivity index (χ0v) is 5.23. The van der Waals surface area contributed by atoms with Gasteiger partial charge in [0, 0.05) is 0 Å². The summed E-state index contributed by atoms with van der Waals surface area (Å²) in [5.41, 5.74) is 0. The SMILES string of the molecule is OC1NC(O)C2OCOC12. The molecular weight excluding hydrogens is 138 g/mol. The molecule has 2 fully saturated rings. The maximum atomic E-state index is 9.09. The Morgan fingerprint density at radius 3 is 2.10 bits per heavy atom. The van der Waals surface area contributed by atoms with Gasteiger partial charge in [-0.1, -0.05) is 0 Å². The van der Waals surface area contributed by atoms with Gasteiger partial charge in [-0.2, -0.15) is 0 Å². The van der Waals surface area contributed by atoms with E-state index in [4.69, 9.17) is 19.7 Å². The van der Waals surface area contributed by atoms with Gasteiger partial charge >= 0.3 is 0 Å².